The molecule has 0 aromatic heterocycles. The van der Waals surface area contributed by atoms with Gasteiger partial charge in [-0.2, -0.15) is 0 Å². The van der Waals surface area contributed by atoms with Crippen molar-refractivity contribution < 1.29 is 9.59 Å². The molecule has 0 aliphatic carbocycles. The van der Waals surface area contributed by atoms with Gasteiger partial charge in [-0.05, 0) is 12.0 Å². The first kappa shape index (κ1) is 15.9. The quantitative estimate of drug-likeness (QED) is 0.687. The zero-order valence-corrected chi connectivity index (χ0v) is 11.5. The zero-order chi connectivity index (χ0) is 15.0. The fraction of sp³-hybridized carbons (Fsp3) is 0.333. The Morgan fingerprint density at radius 3 is 2.50 bits per heavy atom. The van der Waals surface area contributed by atoms with Crippen LogP contribution in [-0.4, -0.2) is 29.3 Å². The van der Waals surface area contributed by atoms with Crippen molar-refractivity contribution in [1.29, 1.82) is 0 Å². The molecule has 0 radical (unpaired) electrons. The first-order valence-corrected chi connectivity index (χ1v) is 6.52. The Bertz CT molecular complexity index is 459. The number of amides is 2. The van der Waals surface area contributed by atoms with E-state index in [1.165, 1.54) is 0 Å². The minimum absolute atomic E-state index is 0.124. The van der Waals surface area contributed by atoms with Crippen molar-refractivity contribution in [2.75, 3.05) is 6.54 Å². The molecule has 0 aliphatic heterocycles. The third kappa shape index (κ3) is 5.24. The monoisotopic (exact) mass is 275 g/mol. The molecule has 1 aromatic rings. The molecule has 0 aliphatic rings. The van der Waals surface area contributed by atoms with E-state index in [1.807, 2.05) is 30.3 Å². The Labute approximate surface area is 119 Å². The highest BCUT2D eigenvalue weighted by atomic mass is 16.2. The molecule has 0 bridgehead atoms. The molecule has 108 valence electrons. The SMILES string of the molecule is C=CCC(N)C(=O)N(CCC(N)=O)Cc1ccccc1. The van der Waals surface area contributed by atoms with E-state index in [-0.39, 0.29) is 18.9 Å². The van der Waals surface area contributed by atoms with Crippen molar-refractivity contribution in [2.24, 2.45) is 11.5 Å². The summed E-state index contributed by atoms with van der Waals surface area (Å²) in [6.07, 6.45) is 2.14. The van der Waals surface area contributed by atoms with Gasteiger partial charge in [-0.15, -0.1) is 6.58 Å². The summed E-state index contributed by atoms with van der Waals surface area (Å²) in [7, 11) is 0. The van der Waals surface area contributed by atoms with E-state index < -0.39 is 11.9 Å². The van der Waals surface area contributed by atoms with E-state index in [2.05, 4.69) is 6.58 Å². The summed E-state index contributed by atoms with van der Waals surface area (Å²) in [5.41, 5.74) is 11.9. The van der Waals surface area contributed by atoms with Crippen LogP contribution in [0.1, 0.15) is 18.4 Å². The highest BCUT2D eigenvalue weighted by molar-refractivity contribution is 5.82. The van der Waals surface area contributed by atoms with Gasteiger partial charge >= 0.3 is 0 Å². The molecule has 5 nitrogen and oxygen atoms in total. The molecule has 0 spiro atoms. The van der Waals surface area contributed by atoms with Crippen LogP contribution in [0.25, 0.3) is 0 Å². The summed E-state index contributed by atoms with van der Waals surface area (Å²) in [5.74, 6) is -0.636. The van der Waals surface area contributed by atoms with Crippen LogP contribution in [0, 0.1) is 0 Å². The van der Waals surface area contributed by atoms with E-state index in [9.17, 15) is 9.59 Å². The summed E-state index contributed by atoms with van der Waals surface area (Å²) in [6.45, 7) is 4.26. The maximum Gasteiger partial charge on any atom is 0.240 e. The standard InChI is InChI=1S/C15H21N3O2/c1-2-6-13(16)15(20)18(10-9-14(17)19)11-12-7-4-3-5-8-12/h2-5,7-8,13H,1,6,9-11,16H2,(H2,17,19). The minimum Gasteiger partial charge on any atom is -0.370 e. The van der Waals surface area contributed by atoms with Gasteiger partial charge in [-0.3, -0.25) is 9.59 Å². The predicted octanol–water partition coefficient (Wildman–Crippen LogP) is 0.794. The second kappa shape index (κ2) is 8.12. The molecular formula is C15H21N3O2. The molecule has 1 unspecified atom stereocenters. The number of benzene rings is 1. The Morgan fingerprint density at radius 2 is 1.95 bits per heavy atom. The molecule has 1 atom stereocenters. The predicted molar refractivity (Wildman–Crippen MR) is 78.5 cm³/mol. The summed E-state index contributed by atoms with van der Waals surface area (Å²) in [4.78, 5) is 24.7. The number of nitrogens with zero attached hydrogens (tertiary/aromatic N) is 1. The van der Waals surface area contributed by atoms with Crippen LogP contribution in [0.3, 0.4) is 0 Å². The number of carbonyl (C=O) groups excluding carboxylic acids is 2. The van der Waals surface area contributed by atoms with Gasteiger partial charge < -0.3 is 16.4 Å². The van der Waals surface area contributed by atoms with E-state index in [0.717, 1.165) is 5.56 Å². The van der Waals surface area contributed by atoms with E-state index in [1.54, 1.807) is 11.0 Å². The first-order valence-electron chi connectivity index (χ1n) is 6.52. The number of carbonyl (C=O) groups is 2. The number of primary amides is 1. The van der Waals surface area contributed by atoms with Gasteiger partial charge in [0.25, 0.3) is 0 Å². The van der Waals surface area contributed by atoms with E-state index in [0.29, 0.717) is 13.0 Å². The van der Waals surface area contributed by atoms with Crippen LogP contribution in [0.2, 0.25) is 0 Å². The largest absolute Gasteiger partial charge is 0.370 e. The van der Waals surface area contributed by atoms with Crippen LogP contribution in [0.5, 0.6) is 0 Å². The van der Waals surface area contributed by atoms with Crippen molar-refractivity contribution in [1.82, 2.24) is 4.90 Å². The van der Waals surface area contributed by atoms with Gasteiger partial charge in [-0.1, -0.05) is 36.4 Å². The minimum atomic E-state index is -0.635. The number of hydrogen-bond acceptors (Lipinski definition) is 3. The fourth-order valence-corrected chi connectivity index (χ4v) is 1.83. The first-order chi connectivity index (χ1) is 9.54. The normalized spacial score (nSPS) is 11.7. The van der Waals surface area contributed by atoms with Crippen molar-refractivity contribution in [2.45, 2.75) is 25.4 Å². The third-order valence-electron chi connectivity index (χ3n) is 2.89. The fourth-order valence-electron chi connectivity index (χ4n) is 1.83. The van der Waals surface area contributed by atoms with E-state index >= 15 is 0 Å². The van der Waals surface area contributed by atoms with E-state index in [4.69, 9.17) is 11.5 Å². The summed E-state index contributed by atoms with van der Waals surface area (Å²) in [6, 6.07) is 8.91. The molecule has 0 heterocycles. The van der Waals surface area contributed by atoms with Crippen LogP contribution in [0.15, 0.2) is 43.0 Å². The second-order valence-electron chi connectivity index (χ2n) is 4.59. The van der Waals surface area contributed by atoms with Crippen molar-refractivity contribution in [3.63, 3.8) is 0 Å². The lowest BCUT2D eigenvalue weighted by atomic mass is 10.1. The maximum atomic E-state index is 12.3. The van der Waals surface area contributed by atoms with Crippen LogP contribution in [-0.2, 0) is 16.1 Å². The molecule has 0 saturated heterocycles. The number of hydrogen-bond donors (Lipinski definition) is 2. The van der Waals surface area contributed by atoms with Gasteiger partial charge in [0.15, 0.2) is 0 Å². The summed E-state index contributed by atoms with van der Waals surface area (Å²) in [5, 5.41) is 0. The lowest BCUT2D eigenvalue weighted by Crippen LogP contribution is -2.44. The molecule has 4 N–H and O–H groups in total. The van der Waals surface area contributed by atoms with Gasteiger partial charge in [-0.25, -0.2) is 0 Å². The van der Waals surface area contributed by atoms with Gasteiger partial charge in [0.05, 0.1) is 6.04 Å². The molecular weight excluding hydrogens is 254 g/mol. The zero-order valence-electron chi connectivity index (χ0n) is 11.5. The smallest absolute Gasteiger partial charge is 0.240 e. The molecule has 2 amide bonds. The Morgan fingerprint density at radius 1 is 1.30 bits per heavy atom. The Balaban J connectivity index is 2.76. The van der Waals surface area contributed by atoms with Crippen LogP contribution >= 0.6 is 0 Å². The lowest BCUT2D eigenvalue weighted by molar-refractivity contribution is -0.133. The summed E-state index contributed by atoms with van der Waals surface area (Å²) < 4.78 is 0. The van der Waals surface area contributed by atoms with Crippen molar-refractivity contribution >= 4 is 11.8 Å². The molecule has 20 heavy (non-hydrogen) atoms. The maximum absolute atomic E-state index is 12.3. The molecule has 0 fully saturated rings. The Kier molecular flexibility index (Phi) is 6.46. The highest BCUT2D eigenvalue weighted by Crippen LogP contribution is 2.08. The lowest BCUT2D eigenvalue weighted by Gasteiger charge is -2.25. The van der Waals surface area contributed by atoms with Crippen LogP contribution < -0.4 is 11.5 Å². The van der Waals surface area contributed by atoms with Gasteiger partial charge in [0, 0.05) is 19.5 Å². The topological polar surface area (TPSA) is 89.4 Å². The van der Waals surface area contributed by atoms with Gasteiger partial charge in [0.2, 0.25) is 11.8 Å². The molecule has 1 rings (SSSR count). The molecule has 5 heteroatoms. The molecule has 0 saturated carbocycles. The van der Waals surface area contributed by atoms with Crippen LogP contribution in [0.4, 0.5) is 0 Å². The Hall–Kier alpha value is -2.14. The second-order valence-corrected chi connectivity index (χ2v) is 4.59. The number of rotatable bonds is 8. The third-order valence-corrected chi connectivity index (χ3v) is 2.89. The molecule has 1 aromatic carbocycles. The average molecular weight is 275 g/mol. The van der Waals surface area contributed by atoms with Gasteiger partial charge in [0.1, 0.15) is 0 Å². The average Bonchev–Trinajstić information content (AvgIpc) is 2.44. The highest BCUT2D eigenvalue weighted by Gasteiger charge is 2.20. The van der Waals surface area contributed by atoms with Crippen molar-refractivity contribution in [3.8, 4) is 0 Å². The number of nitrogens with two attached hydrogens (primary N) is 2. The summed E-state index contributed by atoms with van der Waals surface area (Å²) >= 11 is 0. The van der Waals surface area contributed by atoms with Crippen molar-refractivity contribution in [3.05, 3.63) is 48.6 Å².